The van der Waals surface area contributed by atoms with Gasteiger partial charge in [-0.1, -0.05) is 44.9 Å². The molecule has 2 fully saturated rings. The molecule has 6 heteroatoms. The van der Waals surface area contributed by atoms with Gasteiger partial charge < -0.3 is 19.4 Å². The van der Waals surface area contributed by atoms with Crippen molar-refractivity contribution in [2.45, 2.75) is 58.4 Å². The second kappa shape index (κ2) is 9.57. The highest BCUT2D eigenvalue weighted by Crippen LogP contribution is 2.33. The Balaban J connectivity index is 1.42. The van der Waals surface area contributed by atoms with E-state index in [-0.39, 0.29) is 17.5 Å². The quantitative estimate of drug-likeness (QED) is 0.540. The number of hydrogen-bond donors (Lipinski definition) is 1. The molecule has 1 aromatic carbocycles. The highest BCUT2D eigenvalue weighted by atomic mass is 16.2. The second-order valence-electron chi connectivity index (χ2n) is 10.8. The normalized spacial score (nSPS) is 22.1. The van der Waals surface area contributed by atoms with Crippen LogP contribution in [0, 0.1) is 11.8 Å². The lowest BCUT2D eigenvalue weighted by Gasteiger charge is -2.34. The molecule has 0 unspecified atom stereocenters. The topological polar surface area (TPSA) is 59.3 Å². The van der Waals surface area contributed by atoms with Crippen LogP contribution in [0.25, 0.3) is 21.8 Å². The van der Waals surface area contributed by atoms with Crippen LogP contribution in [0.5, 0.6) is 0 Å². The Kier molecular flexibility index (Phi) is 6.52. The Morgan fingerprint density at radius 3 is 2.53 bits per heavy atom. The Labute approximate surface area is 201 Å². The van der Waals surface area contributed by atoms with Crippen molar-refractivity contribution in [3.05, 3.63) is 46.4 Å². The molecule has 1 aliphatic carbocycles. The minimum Gasteiger partial charge on any atom is -0.352 e. The summed E-state index contributed by atoms with van der Waals surface area (Å²) in [5, 5.41) is 4.93. The summed E-state index contributed by atoms with van der Waals surface area (Å²) in [4.78, 5) is 29.6. The van der Waals surface area contributed by atoms with Crippen molar-refractivity contribution in [1.29, 1.82) is 0 Å². The maximum atomic E-state index is 13.6. The zero-order chi connectivity index (χ0) is 23.8. The molecule has 3 heterocycles. The van der Waals surface area contributed by atoms with E-state index >= 15 is 0 Å². The first kappa shape index (κ1) is 23.2. The summed E-state index contributed by atoms with van der Waals surface area (Å²) in [5.74, 6) is 1.41. The van der Waals surface area contributed by atoms with E-state index in [1.54, 1.807) is 0 Å². The van der Waals surface area contributed by atoms with E-state index < -0.39 is 0 Å². The van der Waals surface area contributed by atoms with Gasteiger partial charge in [-0.05, 0) is 50.1 Å². The van der Waals surface area contributed by atoms with Gasteiger partial charge in [0.15, 0.2) is 0 Å². The fourth-order valence-electron chi connectivity index (χ4n) is 6.50. The zero-order valence-electron chi connectivity index (χ0n) is 20.8. The summed E-state index contributed by atoms with van der Waals surface area (Å²) in [7, 11) is 1.94. The number of para-hydroxylation sites is 1. The fourth-order valence-corrected chi connectivity index (χ4v) is 6.50. The van der Waals surface area contributed by atoms with Crippen LogP contribution in [0.15, 0.2) is 35.3 Å². The molecule has 182 valence electrons. The second-order valence-corrected chi connectivity index (χ2v) is 10.8. The van der Waals surface area contributed by atoms with Gasteiger partial charge in [0, 0.05) is 55.2 Å². The molecule has 3 aromatic rings. The summed E-state index contributed by atoms with van der Waals surface area (Å²) in [6.07, 6.45) is 8.37. The van der Waals surface area contributed by atoms with Gasteiger partial charge in [-0.2, -0.15) is 0 Å². The highest BCUT2D eigenvalue weighted by Gasteiger charge is 2.26. The van der Waals surface area contributed by atoms with Gasteiger partial charge in [0.2, 0.25) is 0 Å². The van der Waals surface area contributed by atoms with Gasteiger partial charge in [-0.15, -0.1) is 0 Å². The summed E-state index contributed by atoms with van der Waals surface area (Å²) in [6, 6.07) is 8.19. The van der Waals surface area contributed by atoms with Gasteiger partial charge in [0.25, 0.3) is 11.5 Å². The number of piperidine rings is 1. The Bertz CT molecular complexity index is 1240. The van der Waals surface area contributed by atoms with Crippen LogP contribution in [0.1, 0.15) is 68.8 Å². The van der Waals surface area contributed by atoms with Gasteiger partial charge in [0.1, 0.15) is 5.52 Å². The summed E-state index contributed by atoms with van der Waals surface area (Å²) < 4.78 is 3.81. The minimum atomic E-state index is -0.0755. The smallest absolute Gasteiger partial charge is 0.275 e. The van der Waals surface area contributed by atoms with E-state index in [2.05, 4.69) is 24.1 Å². The molecule has 2 atom stereocenters. The maximum Gasteiger partial charge on any atom is 0.275 e. The molecular formula is C28H38N4O2. The van der Waals surface area contributed by atoms with E-state index in [1.807, 2.05) is 46.6 Å². The number of fused-ring (bicyclic) bond motifs is 3. The molecule has 1 aliphatic heterocycles. The van der Waals surface area contributed by atoms with Gasteiger partial charge in [-0.3, -0.25) is 9.59 Å². The number of aromatic nitrogens is 2. The highest BCUT2D eigenvalue weighted by molar-refractivity contribution is 6.17. The average molecular weight is 463 g/mol. The molecule has 1 N–H and O–H groups in total. The first-order valence-corrected chi connectivity index (χ1v) is 13.1. The lowest BCUT2D eigenvalue weighted by Crippen LogP contribution is -2.40. The molecule has 0 spiro atoms. The summed E-state index contributed by atoms with van der Waals surface area (Å²) in [5.41, 5.74) is 2.27. The lowest BCUT2D eigenvalue weighted by molar-refractivity contribution is 0.0948. The van der Waals surface area contributed by atoms with Crippen LogP contribution in [-0.2, 0) is 7.05 Å². The summed E-state index contributed by atoms with van der Waals surface area (Å²) >= 11 is 0. The van der Waals surface area contributed by atoms with E-state index in [0.717, 1.165) is 79.9 Å². The molecule has 2 aliphatic rings. The molecule has 1 saturated carbocycles. The summed E-state index contributed by atoms with van der Waals surface area (Å²) in [6.45, 7) is 8.63. The van der Waals surface area contributed by atoms with Crippen molar-refractivity contribution in [2.75, 3.05) is 26.2 Å². The fraction of sp³-hybridized carbons (Fsp3) is 0.571. The third-order valence-electron chi connectivity index (χ3n) is 7.93. The average Bonchev–Trinajstić information content (AvgIpc) is 3.44. The SMILES string of the molecule is C[C@@H]1C[C@H](C)CN(CCCNC(=O)c2cn(C3CCCC3)c(=O)c3c2c2ccccc2n3C)C1. The van der Waals surface area contributed by atoms with Crippen LogP contribution >= 0.6 is 0 Å². The molecule has 1 saturated heterocycles. The van der Waals surface area contributed by atoms with E-state index in [1.165, 1.54) is 6.42 Å². The molecule has 0 radical (unpaired) electrons. The molecular weight excluding hydrogens is 424 g/mol. The first-order valence-electron chi connectivity index (χ1n) is 13.1. The van der Waals surface area contributed by atoms with Gasteiger partial charge in [0.05, 0.1) is 5.56 Å². The Morgan fingerprint density at radius 1 is 1.09 bits per heavy atom. The first-order chi connectivity index (χ1) is 16.4. The van der Waals surface area contributed by atoms with E-state index in [4.69, 9.17) is 0 Å². The van der Waals surface area contributed by atoms with Crippen LogP contribution in [-0.4, -0.2) is 46.1 Å². The van der Waals surface area contributed by atoms with Crippen LogP contribution in [0.4, 0.5) is 0 Å². The maximum absolute atomic E-state index is 13.6. The standard InChI is InChI=1S/C28H38N4O2/c1-19-15-20(2)17-31(16-19)14-8-13-29-27(33)23-18-32(21-9-4-5-10-21)28(34)26-25(23)22-11-6-7-12-24(22)30(26)3/h6-7,11-12,18-21H,4-5,8-10,13-17H2,1-3H3,(H,29,33)/t19-,20+. The number of carbonyl (C=O) groups is 1. The van der Waals surface area contributed by atoms with Crippen molar-refractivity contribution in [3.8, 4) is 0 Å². The molecule has 1 amide bonds. The predicted octanol–water partition coefficient (Wildman–Crippen LogP) is 4.71. The number of aryl methyl sites for hydroxylation is 1. The number of carbonyl (C=O) groups excluding carboxylic acids is 1. The number of likely N-dealkylation sites (tertiary alicyclic amines) is 1. The zero-order valence-corrected chi connectivity index (χ0v) is 20.8. The van der Waals surface area contributed by atoms with Crippen LogP contribution in [0.2, 0.25) is 0 Å². The van der Waals surface area contributed by atoms with Gasteiger partial charge in [-0.25, -0.2) is 0 Å². The number of nitrogens with zero attached hydrogens (tertiary/aromatic N) is 3. The molecule has 34 heavy (non-hydrogen) atoms. The predicted molar refractivity (Wildman–Crippen MR) is 139 cm³/mol. The largest absolute Gasteiger partial charge is 0.352 e. The Hall–Kier alpha value is -2.60. The molecule has 0 bridgehead atoms. The van der Waals surface area contributed by atoms with Crippen molar-refractivity contribution in [1.82, 2.24) is 19.4 Å². The van der Waals surface area contributed by atoms with Gasteiger partial charge >= 0.3 is 0 Å². The number of nitrogens with one attached hydrogen (secondary N) is 1. The lowest BCUT2D eigenvalue weighted by atomic mass is 9.92. The Morgan fingerprint density at radius 2 is 1.79 bits per heavy atom. The number of amides is 1. The third-order valence-corrected chi connectivity index (χ3v) is 7.93. The number of benzene rings is 1. The molecule has 6 nitrogen and oxygen atoms in total. The number of rotatable bonds is 6. The molecule has 5 rings (SSSR count). The van der Waals surface area contributed by atoms with Crippen molar-refractivity contribution in [3.63, 3.8) is 0 Å². The van der Waals surface area contributed by atoms with Crippen LogP contribution in [0.3, 0.4) is 0 Å². The monoisotopic (exact) mass is 462 g/mol. The van der Waals surface area contributed by atoms with Crippen molar-refractivity contribution >= 4 is 27.7 Å². The number of pyridine rings is 1. The molecule has 2 aromatic heterocycles. The third kappa shape index (κ3) is 4.28. The minimum absolute atomic E-state index is 0.0190. The van der Waals surface area contributed by atoms with Crippen LogP contribution < -0.4 is 10.9 Å². The van der Waals surface area contributed by atoms with E-state index in [0.29, 0.717) is 17.6 Å². The van der Waals surface area contributed by atoms with E-state index in [9.17, 15) is 9.59 Å². The van der Waals surface area contributed by atoms with Crippen molar-refractivity contribution in [2.24, 2.45) is 18.9 Å². The van der Waals surface area contributed by atoms with Crippen molar-refractivity contribution < 1.29 is 4.79 Å². The number of hydrogen-bond acceptors (Lipinski definition) is 3.